The van der Waals surface area contributed by atoms with Gasteiger partial charge in [0.2, 0.25) is 5.91 Å². The Hall–Kier alpha value is -6.56. The number of imidazole rings is 2. The van der Waals surface area contributed by atoms with E-state index in [9.17, 15) is 19.5 Å². The monoisotopic (exact) mass is 720 g/mol. The van der Waals surface area contributed by atoms with Crippen molar-refractivity contribution in [2.75, 3.05) is 13.1 Å². The molecule has 3 aromatic carbocycles. The number of nitrogens with zero attached hydrogens (tertiary/aromatic N) is 5. The summed E-state index contributed by atoms with van der Waals surface area (Å²) < 4.78 is 0. The number of carbonyl (C=O) groups excluding carboxylic acids is 2. The molecule has 8 rings (SSSR count). The fourth-order valence-corrected chi connectivity index (χ4v) is 7.66. The Morgan fingerprint density at radius 1 is 0.704 bits per heavy atom. The van der Waals surface area contributed by atoms with Crippen molar-refractivity contribution in [1.29, 1.82) is 0 Å². The molecule has 3 aromatic heterocycles. The van der Waals surface area contributed by atoms with Crippen LogP contribution in [-0.4, -0.2) is 70.8 Å². The Kier molecular flexibility index (Phi) is 9.71. The maximum Gasteiger partial charge on any atom is 0.405 e. The Bertz CT molecular complexity index is 2240. The normalized spacial score (nSPS) is 17.4. The van der Waals surface area contributed by atoms with Gasteiger partial charge in [-0.15, -0.1) is 0 Å². The summed E-state index contributed by atoms with van der Waals surface area (Å²) in [5.41, 5.74) is 7.36. The lowest BCUT2D eigenvalue weighted by Gasteiger charge is -2.28. The highest BCUT2D eigenvalue weighted by atomic mass is 16.4. The van der Waals surface area contributed by atoms with Crippen LogP contribution in [-0.2, 0) is 16.0 Å². The van der Waals surface area contributed by atoms with E-state index in [2.05, 4.69) is 66.6 Å². The van der Waals surface area contributed by atoms with Gasteiger partial charge in [0, 0.05) is 25.5 Å². The second-order valence-electron chi connectivity index (χ2n) is 13.8. The first-order valence-electron chi connectivity index (χ1n) is 18.3. The summed E-state index contributed by atoms with van der Waals surface area (Å²) in [5, 5.41) is 11.9. The molecular weight excluding hydrogens is 681 g/mol. The molecule has 12 nitrogen and oxygen atoms in total. The van der Waals surface area contributed by atoms with Gasteiger partial charge in [-0.3, -0.25) is 14.6 Å². The van der Waals surface area contributed by atoms with E-state index < -0.39 is 12.1 Å². The van der Waals surface area contributed by atoms with Gasteiger partial charge in [0.15, 0.2) is 0 Å². The van der Waals surface area contributed by atoms with E-state index in [-0.39, 0.29) is 23.9 Å². The Labute approximate surface area is 312 Å². The third-order valence-corrected chi connectivity index (χ3v) is 10.4. The zero-order valence-electron chi connectivity index (χ0n) is 29.6. The lowest BCUT2D eigenvalue weighted by atomic mass is 10.0. The fourth-order valence-electron chi connectivity index (χ4n) is 7.66. The number of amides is 3. The van der Waals surface area contributed by atoms with Gasteiger partial charge >= 0.3 is 6.09 Å². The average molecular weight is 721 g/mol. The summed E-state index contributed by atoms with van der Waals surface area (Å²) in [5.74, 6) is 1.28. The van der Waals surface area contributed by atoms with Crippen molar-refractivity contribution in [1.82, 2.24) is 40.0 Å². The van der Waals surface area contributed by atoms with E-state index >= 15 is 0 Å². The molecule has 2 aliphatic rings. The molecule has 3 amide bonds. The first-order chi connectivity index (χ1) is 26.4. The summed E-state index contributed by atoms with van der Waals surface area (Å²) in [6, 6.07) is 27.9. The van der Waals surface area contributed by atoms with Gasteiger partial charge in [0.05, 0.1) is 42.3 Å². The van der Waals surface area contributed by atoms with Crippen LogP contribution < -0.4 is 5.32 Å². The number of pyridine rings is 1. The number of aromatic amines is 2. The fraction of sp³-hybridized carbons (Fsp3) is 0.238. The van der Waals surface area contributed by atoms with Crippen LogP contribution in [0.25, 0.3) is 33.6 Å². The zero-order valence-corrected chi connectivity index (χ0v) is 29.6. The number of likely N-dealkylation sites (tertiary alicyclic amines) is 2. The van der Waals surface area contributed by atoms with Gasteiger partial charge < -0.3 is 30.2 Å². The summed E-state index contributed by atoms with van der Waals surface area (Å²) in [6.07, 6.45) is 9.50. The first-order valence-corrected chi connectivity index (χ1v) is 18.3. The SMILES string of the molecule is O=C(O)N[C@@H](C(=O)N1CCC[C@H]1c1ncc(-c2ccc(-c3ccc(-c4cnc([C@@H]5CCCN5C(=O)Cc5cccnc5)[nH]4)cc3)cc2)[nH]1)c1ccccc1. The largest absolute Gasteiger partial charge is 0.465 e. The van der Waals surface area contributed by atoms with E-state index in [0.717, 1.165) is 77.3 Å². The highest BCUT2D eigenvalue weighted by Crippen LogP contribution is 2.35. The molecule has 12 heteroatoms. The minimum Gasteiger partial charge on any atom is -0.465 e. The van der Waals surface area contributed by atoms with Crippen molar-refractivity contribution < 1.29 is 19.5 Å². The number of H-pyrrole nitrogens is 2. The zero-order chi connectivity index (χ0) is 37.0. The number of benzene rings is 3. The number of hydrogen-bond acceptors (Lipinski definition) is 6. The Morgan fingerprint density at radius 3 is 1.81 bits per heavy atom. The number of aromatic nitrogens is 5. The second-order valence-corrected chi connectivity index (χ2v) is 13.8. The van der Waals surface area contributed by atoms with Gasteiger partial charge in [-0.25, -0.2) is 14.8 Å². The van der Waals surface area contributed by atoms with Crippen molar-refractivity contribution in [2.24, 2.45) is 0 Å². The molecule has 6 aromatic rings. The quantitative estimate of drug-likeness (QED) is 0.117. The number of carbonyl (C=O) groups is 3. The predicted octanol–water partition coefficient (Wildman–Crippen LogP) is 7.11. The molecule has 0 radical (unpaired) electrons. The molecule has 0 saturated carbocycles. The molecule has 272 valence electrons. The Balaban J connectivity index is 0.921. The molecule has 54 heavy (non-hydrogen) atoms. The van der Waals surface area contributed by atoms with Crippen LogP contribution >= 0.6 is 0 Å². The van der Waals surface area contributed by atoms with Crippen LogP contribution in [0.4, 0.5) is 4.79 Å². The minimum atomic E-state index is -1.25. The van der Waals surface area contributed by atoms with Crippen molar-refractivity contribution >= 4 is 17.9 Å². The third-order valence-electron chi connectivity index (χ3n) is 10.4. The van der Waals surface area contributed by atoms with Crippen LogP contribution in [0.5, 0.6) is 0 Å². The maximum atomic E-state index is 13.7. The third kappa shape index (κ3) is 7.23. The summed E-state index contributed by atoms with van der Waals surface area (Å²) in [7, 11) is 0. The second kappa shape index (κ2) is 15.2. The van der Waals surface area contributed by atoms with Crippen molar-refractivity contribution in [3.63, 3.8) is 0 Å². The topological polar surface area (TPSA) is 160 Å². The molecule has 0 spiro atoms. The summed E-state index contributed by atoms with van der Waals surface area (Å²) >= 11 is 0. The molecule has 5 heterocycles. The van der Waals surface area contributed by atoms with Crippen molar-refractivity contribution in [3.8, 4) is 33.6 Å². The standard InChI is InChI=1S/C42H40N8O4/c51-37(23-27-7-4-20-43-24-27)49-21-5-10-35(49)39-44-25-33(46-39)30-16-12-28(13-17-30)29-14-18-31(19-15-29)34-26-45-40(47-34)36-11-6-22-50(36)41(52)38(48-42(53)54)32-8-2-1-3-9-32/h1-4,7-9,12-20,24-26,35-36,38,48H,5-6,10-11,21-23H2,(H,44,46)(H,45,47)(H,53,54)/t35-,36-,38+/m0/s1. The van der Waals surface area contributed by atoms with Crippen molar-refractivity contribution in [3.05, 3.63) is 139 Å². The molecular formula is C42H40N8O4. The van der Waals surface area contributed by atoms with E-state index in [4.69, 9.17) is 0 Å². The molecule has 3 atom stereocenters. The van der Waals surface area contributed by atoms with Crippen LogP contribution in [0.3, 0.4) is 0 Å². The van der Waals surface area contributed by atoms with Gasteiger partial charge in [-0.1, -0.05) is 84.9 Å². The molecule has 0 unspecified atom stereocenters. The lowest BCUT2D eigenvalue weighted by molar-refractivity contribution is -0.134. The van der Waals surface area contributed by atoms with Gasteiger partial charge in [0.25, 0.3) is 5.91 Å². The Morgan fingerprint density at radius 2 is 1.26 bits per heavy atom. The average Bonchev–Trinajstić information content (AvgIpc) is 4.04. The number of hydrogen-bond donors (Lipinski definition) is 4. The van der Waals surface area contributed by atoms with Crippen LogP contribution in [0.2, 0.25) is 0 Å². The molecule has 0 bridgehead atoms. The minimum absolute atomic E-state index is 0.0700. The number of rotatable bonds is 10. The van der Waals surface area contributed by atoms with Crippen LogP contribution in [0, 0.1) is 0 Å². The van der Waals surface area contributed by atoms with E-state index in [1.807, 2.05) is 41.4 Å². The highest BCUT2D eigenvalue weighted by Gasteiger charge is 2.37. The molecule has 2 fully saturated rings. The lowest BCUT2D eigenvalue weighted by Crippen LogP contribution is -2.42. The van der Waals surface area contributed by atoms with Gasteiger partial charge in [-0.05, 0) is 65.1 Å². The maximum absolute atomic E-state index is 13.7. The number of nitrogens with one attached hydrogen (secondary N) is 3. The molecule has 2 saturated heterocycles. The van der Waals surface area contributed by atoms with E-state index in [1.54, 1.807) is 47.8 Å². The van der Waals surface area contributed by atoms with E-state index in [0.29, 0.717) is 24.4 Å². The summed E-state index contributed by atoms with van der Waals surface area (Å²) in [6.45, 7) is 1.24. The number of carboxylic acid groups (broad SMARTS) is 1. The first kappa shape index (κ1) is 34.5. The molecule has 4 N–H and O–H groups in total. The predicted molar refractivity (Wildman–Crippen MR) is 203 cm³/mol. The van der Waals surface area contributed by atoms with E-state index in [1.165, 1.54) is 0 Å². The van der Waals surface area contributed by atoms with Gasteiger partial charge in [0.1, 0.15) is 17.7 Å². The highest BCUT2D eigenvalue weighted by molar-refractivity contribution is 5.87. The molecule has 0 aliphatic carbocycles. The molecule has 2 aliphatic heterocycles. The smallest absolute Gasteiger partial charge is 0.405 e. The summed E-state index contributed by atoms with van der Waals surface area (Å²) in [4.78, 5) is 62.5. The van der Waals surface area contributed by atoms with Crippen molar-refractivity contribution in [2.45, 2.75) is 50.2 Å². The van der Waals surface area contributed by atoms with Crippen LogP contribution in [0.15, 0.2) is 116 Å². The van der Waals surface area contributed by atoms with Gasteiger partial charge in [-0.2, -0.15) is 0 Å². The van der Waals surface area contributed by atoms with Crippen LogP contribution in [0.1, 0.15) is 66.6 Å².